The van der Waals surface area contributed by atoms with Gasteiger partial charge in [-0.2, -0.15) is 10.2 Å². The average Bonchev–Trinajstić information content (AvgIpc) is 3.52. The van der Waals surface area contributed by atoms with Crippen molar-refractivity contribution in [3.63, 3.8) is 0 Å². The monoisotopic (exact) mass is 386 g/mol. The van der Waals surface area contributed by atoms with Crippen LogP contribution in [0.5, 0.6) is 0 Å². The number of aryl methyl sites for hydroxylation is 1. The van der Waals surface area contributed by atoms with Crippen LogP contribution < -0.4 is 0 Å². The lowest BCUT2D eigenvalue weighted by Crippen LogP contribution is -1.93. The molecule has 146 valence electrons. The van der Waals surface area contributed by atoms with Crippen molar-refractivity contribution in [2.24, 2.45) is 7.05 Å². The molecule has 0 aliphatic heterocycles. The molecule has 0 radical (unpaired) electrons. The van der Waals surface area contributed by atoms with E-state index in [-0.39, 0.29) is 6.10 Å². The van der Waals surface area contributed by atoms with Crippen LogP contribution in [-0.4, -0.2) is 41.2 Å². The number of hydrogen-bond donors (Lipinski definition) is 2. The van der Waals surface area contributed by atoms with Crippen LogP contribution in [0.4, 0.5) is 0 Å². The van der Waals surface area contributed by atoms with Crippen LogP contribution in [0.15, 0.2) is 73.6 Å². The molecule has 1 unspecified atom stereocenters. The number of nitrogens with zero attached hydrogens (tertiary/aromatic N) is 5. The second kappa shape index (κ2) is 8.62. The fourth-order valence-corrected chi connectivity index (χ4v) is 3.06. The van der Waals surface area contributed by atoms with E-state index in [2.05, 4.69) is 37.4 Å². The van der Waals surface area contributed by atoms with Crippen molar-refractivity contribution in [1.82, 2.24) is 29.9 Å². The SMILES string of the molecule is Cn1cc(-c2cccc(-c3ncc(-c4cn[nH]c4)cn3)c2)cn1.OC1C=CCC1. The van der Waals surface area contributed by atoms with Crippen molar-refractivity contribution >= 4 is 0 Å². The van der Waals surface area contributed by atoms with E-state index in [9.17, 15) is 0 Å². The Morgan fingerprint density at radius 3 is 2.41 bits per heavy atom. The molecular formula is C22H22N6O. The number of benzene rings is 1. The summed E-state index contributed by atoms with van der Waals surface area (Å²) in [6.45, 7) is 0. The maximum Gasteiger partial charge on any atom is 0.159 e. The topological polar surface area (TPSA) is 92.5 Å². The normalized spacial score (nSPS) is 15.2. The summed E-state index contributed by atoms with van der Waals surface area (Å²) in [5.74, 6) is 0.697. The van der Waals surface area contributed by atoms with Gasteiger partial charge in [-0.25, -0.2) is 9.97 Å². The Labute approximate surface area is 168 Å². The summed E-state index contributed by atoms with van der Waals surface area (Å²) < 4.78 is 1.79. The molecule has 2 N–H and O–H groups in total. The highest BCUT2D eigenvalue weighted by Gasteiger charge is 2.07. The molecule has 7 nitrogen and oxygen atoms in total. The first-order valence-corrected chi connectivity index (χ1v) is 9.44. The number of aliphatic hydroxyl groups excluding tert-OH is 1. The molecule has 4 aromatic rings. The first-order valence-electron chi connectivity index (χ1n) is 9.44. The maximum atomic E-state index is 8.64. The third-order valence-corrected chi connectivity index (χ3v) is 4.63. The highest BCUT2D eigenvalue weighted by Crippen LogP contribution is 2.25. The lowest BCUT2D eigenvalue weighted by atomic mass is 10.1. The van der Waals surface area contributed by atoms with E-state index >= 15 is 0 Å². The van der Waals surface area contributed by atoms with Gasteiger partial charge in [0.1, 0.15) is 0 Å². The van der Waals surface area contributed by atoms with E-state index < -0.39 is 0 Å². The van der Waals surface area contributed by atoms with Gasteiger partial charge in [0.15, 0.2) is 5.82 Å². The molecule has 1 aromatic carbocycles. The predicted octanol–water partition coefficient (Wildman–Crippen LogP) is 3.63. The number of allylic oxidation sites excluding steroid dienone is 1. The third-order valence-electron chi connectivity index (χ3n) is 4.63. The Morgan fingerprint density at radius 2 is 1.83 bits per heavy atom. The summed E-state index contributed by atoms with van der Waals surface area (Å²) in [7, 11) is 1.91. The van der Waals surface area contributed by atoms with Gasteiger partial charge in [0.25, 0.3) is 0 Å². The Bertz CT molecular complexity index is 1080. The van der Waals surface area contributed by atoms with Crippen LogP contribution in [0.3, 0.4) is 0 Å². The lowest BCUT2D eigenvalue weighted by molar-refractivity contribution is 0.223. The van der Waals surface area contributed by atoms with Gasteiger partial charge in [-0.15, -0.1) is 0 Å². The smallest absolute Gasteiger partial charge is 0.159 e. The molecule has 1 aliphatic carbocycles. The summed E-state index contributed by atoms with van der Waals surface area (Å²) >= 11 is 0. The van der Waals surface area contributed by atoms with E-state index in [1.54, 1.807) is 10.9 Å². The second-order valence-electron chi connectivity index (χ2n) is 6.84. The summed E-state index contributed by atoms with van der Waals surface area (Å²) in [5.41, 5.74) is 5.05. The zero-order chi connectivity index (χ0) is 20.1. The van der Waals surface area contributed by atoms with Crippen molar-refractivity contribution < 1.29 is 5.11 Å². The van der Waals surface area contributed by atoms with Gasteiger partial charge in [-0.05, 0) is 24.5 Å². The van der Waals surface area contributed by atoms with Gasteiger partial charge in [-0.1, -0.05) is 30.4 Å². The van der Waals surface area contributed by atoms with Crippen LogP contribution >= 0.6 is 0 Å². The third kappa shape index (κ3) is 4.64. The number of nitrogens with one attached hydrogen (secondary N) is 1. The van der Waals surface area contributed by atoms with Gasteiger partial charge in [-0.3, -0.25) is 9.78 Å². The number of hydrogen-bond acceptors (Lipinski definition) is 5. The molecule has 29 heavy (non-hydrogen) atoms. The molecule has 1 atom stereocenters. The molecule has 0 saturated heterocycles. The fourth-order valence-electron chi connectivity index (χ4n) is 3.06. The van der Waals surface area contributed by atoms with Crippen molar-refractivity contribution in [2.75, 3.05) is 0 Å². The predicted molar refractivity (Wildman–Crippen MR) is 112 cm³/mol. The van der Waals surface area contributed by atoms with Crippen molar-refractivity contribution in [1.29, 1.82) is 0 Å². The van der Waals surface area contributed by atoms with Gasteiger partial charge in [0.2, 0.25) is 0 Å². The fraction of sp³-hybridized carbons (Fsp3) is 0.182. The summed E-state index contributed by atoms with van der Waals surface area (Å²) in [6, 6.07) is 8.14. The molecule has 3 aromatic heterocycles. The van der Waals surface area contributed by atoms with Crippen LogP contribution in [0, 0.1) is 0 Å². The molecule has 7 heteroatoms. The Morgan fingerprint density at radius 1 is 1.00 bits per heavy atom. The van der Waals surface area contributed by atoms with Gasteiger partial charge >= 0.3 is 0 Å². The maximum absolute atomic E-state index is 8.64. The second-order valence-corrected chi connectivity index (χ2v) is 6.84. The minimum atomic E-state index is -0.134. The standard InChI is InChI=1S/C17H14N6.C5H8O/c1-23-11-16(10-22-23)12-3-2-4-13(5-12)17-18-6-14(7-19-17)15-8-20-21-9-15;6-5-3-1-2-4-5/h2-11H,1H3,(H,20,21);1,3,5-6H,2,4H2. The average molecular weight is 386 g/mol. The van der Waals surface area contributed by atoms with E-state index in [0.29, 0.717) is 5.82 Å². The van der Waals surface area contributed by atoms with Gasteiger partial charge in [0, 0.05) is 54.1 Å². The van der Waals surface area contributed by atoms with Gasteiger partial charge < -0.3 is 5.11 Å². The van der Waals surface area contributed by atoms with Crippen LogP contribution in [0.1, 0.15) is 12.8 Å². The van der Waals surface area contributed by atoms with Gasteiger partial charge in [0.05, 0.1) is 18.5 Å². The molecule has 0 saturated carbocycles. The lowest BCUT2D eigenvalue weighted by Gasteiger charge is -2.04. The Kier molecular flexibility index (Phi) is 5.58. The van der Waals surface area contributed by atoms with E-state index in [1.165, 1.54) is 0 Å². The molecule has 1 aliphatic rings. The van der Waals surface area contributed by atoms with Crippen molar-refractivity contribution in [3.05, 3.63) is 73.6 Å². The molecule has 0 spiro atoms. The molecular weight excluding hydrogens is 364 g/mol. The van der Waals surface area contributed by atoms with Crippen LogP contribution in [0.25, 0.3) is 33.6 Å². The Hall–Kier alpha value is -3.58. The number of aromatic amines is 1. The summed E-state index contributed by atoms with van der Waals surface area (Å²) in [4.78, 5) is 8.94. The van der Waals surface area contributed by atoms with Crippen molar-refractivity contribution in [3.8, 4) is 33.6 Å². The number of aromatic nitrogens is 6. The number of rotatable bonds is 3. The molecule has 0 bridgehead atoms. The zero-order valence-electron chi connectivity index (χ0n) is 16.1. The first-order chi connectivity index (χ1) is 14.2. The van der Waals surface area contributed by atoms with E-state index in [0.717, 1.165) is 40.7 Å². The molecule has 0 amide bonds. The zero-order valence-corrected chi connectivity index (χ0v) is 16.1. The quantitative estimate of drug-likeness (QED) is 0.525. The minimum Gasteiger partial charge on any atom is -0.389 e. The molecule has 3 heterocycles. The largest absolute Gasteiger partial charge is 0.389 e. The van der Waals surface area contributed by atoms with E-state index in [1.807, 2.05) is 62.3 Å². The molecule has 5 rings (SSSR count). The summed E-state index contributed by atoms with van der Waals surface area (Å²) in [6.07, 6.45) is 16.7. The van der Waals surface area contributed by atoms with Crippen LogP contribution in [-0.2, 0) is 7.05 Å². The minimum absolute atomic E-state index is 0.134. The Balaban J connectivity index is 0.000000294. The summed E-state index contributed by atoms with van der Waals surface area (Å²) in [5, 5.41) is 19.6. The number of aliphatic hydroxyl groups is 1. The van der Waals surface area contributed by atoms with Crippen molar-refractivity contribution in [2.45, 2.75) is 18.9 Å². The van der Waals surface area contributed by atoms with E-state index in [4.69, 9.17) is 5.11 Å². The molecule has 0 fully saturated rings. The van der Waals surface area contributed by atoms with Crippen LogP contribution in [0.2, 0.25) is 0 Å². The first kappa shape index (κ1) is 18.8. The highest BCUT2D eigenvalue weighted by atomic mass is 16.3. The number of H-pyrrole nitrogens is 1. The highest BCUT2D eigenvalue weighted by molar-refractivity contribution is 5.70.